The number of pyridine rings is 1. The van der Waals surface area contributed by atoms with E-state index >= 15 is 0 Å². The van der Waals surface area contributed by atoms with E-state index in [1.165, 1.54) is 0 Å². The summed E-state index contributed by atoms with van der Waals surface area (Å²) in [6, 6.07) is 12.1. The number of aromatic nitrogens is 2. The van der Waals surface area contributed by atoms with Gasteiger partial charge in [-0.15, -0.1) is 0 Å². The van der Waals surface area contributed by atoms with Crippen LogP contribution in [0.1, 0.15) is 0 Å². The number of rotatable bonds is 2. The van der Waals surface area contributed by atoms with Gasteiger partial charge in [0.25, 0.3) is 0 Å². The summed E-state index contributed by atoms with van der Waals surface area (Å²) in [4.78, 5) is 0. The standard InChI is InChI=1S/C14H11BrN2O/c1-18-12-4-2-3-10(7-12)11-5-6-14-13(15)8-16-17(14)9-11/h2-9H,1H3. The number of nitrogens with zero attached hydrogens (tertiary/aromatic N) is 2. The fourth-order valence-electron chi connectivity index (χ4n) is 1.93. The molecule has 4 heteroatoms. The molecule has 0 spiro atoms. The molecule has 0 unspecified atom stereocenters. The molecule has 0 bridgehead atoms. The SMILES string of the molecule is COc1cccc(-c2ccc3c(Br)cnn3c2)c1. The van der Waals surface area contributed by atoms with E-state index in [9.17, 15) is 0 Å². The highest BCUT2D eigenvalue weighted by molar-refractivity contribution is 9.10. The zero-order chi connectivity index (χ0) is 12.5. The van der Waals surface area contributed by atoms with Crippen molar-refractivity contribution in [2.24, 2.45) is 0 Å². The lowest BCUT2D eigenvalue weighted by Gasteiger charge is -2.05. The predicted molar refractivity (Wildman–Crippen MR) is 74.9 cm³/mol. The first-order valence-corrected chi connectivity index (χ1v) is 6.34. The Morgan fingerprint density at radius 1 is 1.17 bits per heavy atom. The molecule has 0 atom stereocenters. The molecule has 0 radical (unpaired) electrons. The second kappa shape index (κ2) is 4.46. The lowest BCUT2D eigenvalue weighted by Crippen LogP contribution is -1.89. The van der Waals surface area contributed by atoms with Crippen molar-refractivity contribution < 1.29 is 4.74 Å². The van der Waals surface area contributed by atoms with Crippen LogP contribution in [0, 0.1) is 0 Å². The van der Waals surface area contributed by atoms with E-state index in [4.69, 9.17) is 4.74 Å². The van der Waals surface area contributed by atoms with Crippen molar-refractivity contribution in [2.45, 2.75) is 0 Å². The van der Waals surface area contributed by atoms with E-state index in [0.29, 0.717) is 0 Å². The predicted octanol–water partition coefficient (Wildman–Crippen LogP) is 3.77. The first-order chi connectivity index (χ1) is 8.78. The zero-order valence-electron chi connectivity index (χ0n) is 9.80. The van der Waals surface area contributed by atoms with Crippen LogP contribution >= 0.6 is 15.9 Å². The molecule has 0 saturated heterocycles. The maximum absolute atomic E-state index is 5.24. The summed E-state index contributed by atoms with van der Waals surface area (Å²) >= 11 is 3.47. The van der Waals surface area contributed by atoms with Crippen molar-refractivity contribution in [3.8, 4) is 16.9 Å². The first-order valence-electron chi connectivity index (χ1n) is 5.55. The van der Waals surface area contributed by atoms with E-state index in [0.717, 1.165) is 26.9 Å². The molecule has 1 aromatic carbocycles. The van der Waals surface area contributed by atoms with Crippen molar-refractivity contribution in [1.82, 2.24) is 9.61 Å². The fourth-order valence-corrected chi connectivity index (χ4v) is 2.33. The lowest BCUT2D eigenvalue weighted by molar-refractivity contribution is 0.415. The minimum Gasteiger partial charge on any atom is -0.497 e. The normalized spacial score (nSPS) is 10.8. The molecular weight excluding hydrogens is 292 g/mol. The van der Waals surface area contributed by atoms with Gasteiger partial charge in [0.05, 0.1) is 23.3 Å². The molecule has 90 valence electrons. The van der Waals surface area contributed by atoms with Crippen molar-refractivity contribution >= 4 is 21.4 Å². The Morgan fingerprint density at radius 3 is 2.89 bits per heavy atom. The van der Waals surface area contributed by atoms with Crippen molar-refractivity contribution in [2.75, 3.05) is 7.11 Å². The summed E-state index contributed by atoms with van der Waals surface area (Å²) < 4.78 is 8.10. The second-order valence-electron chi connectivity index (χ2n) is 3.97. The highest BCUT2D eigenvalue weighted by Gasteiger charge is 2.04. The van der Waals surface area contributed by atoms with Gasteiger partial charge in [-0.2, -0.15) is 5.10 Å². The molecule has 0 aliphatic rings. The molecule has 0 fully saturated rings. The Morgan fingerprint density at radius 2 is 2.06 bits per heavy atom. The average molecular weight is 303 g/mol. The van der Waals surface area contributed by atoms with Gasteiger partial charge in [-0.3, -0.25) is 0 Å². The molecule has 3 aromatic rings. The molecule has 0 N–H and O–H groups in total. The molecule has 3 rings (SSSR count). The largest absolute Gasteiger partial charge is 0.497 e. The van der Waals surface area contributed by atoms with Gasteiger partial charge < -0.3 is 4.74 Å². The van der Waals surface area contributed by atoms with Crippen LogP contribution in [-0.4, -0.2) is 16.7 Å². The van der Waals surface area contributed by atoms with Crippen molar-refractivity contribution in [3.63, 3.8) is 0 Å². The van der Waals surface area contributed by atoms with E-state index in [-0.39, 0.29) is 0 Å². The molecule has 0 aliphatic carbocycles. The summed E-state index contributed by atoms with van der Waals surface area (Å²) in [6.07, 6.45) is 3.81. The Bertz CT molecular complexity index is 706. The monoisotopic (exact) mass is 302 g/mol. The Kier molecular flexibility index (Phi) is 2.80. The van der Waals surface area contributed by atoms with Gasteiger partial charge in [0.1, 0.15) is 5.75 Å². The van der Waals surface area contributed by atoms with Crippen LogP contribution in [0.25, 0.3) is 16.6 Å². The molecule has 3 nitrogen and oxygen atoms in total. The number of methoxy groups -OCH3 is 1. The van der Waals surface area contributed by atoms with Gasteiger partial charge in [0.2, 0.25) is 0 Å². The van der Waals surface area contributed by atoms with Gasteiger partial charge in [-0.25, -0.2) is 4.52 Å². The average Bonchev–Trinajstić information content (AvgIpc) is 2.80. The van der Waals surface area contributed by atoms with Gasteiger partial charge >= 0.3 is 0 Å². The van der Waals surface area contributed by atoms with Crippen LogP contribution in [0.2, 0.25) is 0 Å². The zero-order valence-corrected chi connectivity index (χ0v) is 11.4. The van der Waals surface area contributed by atoms with Crippen molar-refractivity contribution in [3.05, 3.63) is 53.3 Å². The van der Waals surface area contributed by atoms with Crippen LogP contribution in [0.15, 0.2) is 53.3 Å². The number of halogens is 1. The van der Waals surface area contributed by atoms with Gasteiger partial charge in [-0.05, 0) is 39.7 Å². The van der Waals surface area contributed by atoms with Crippen LogP contribution in [0.4, 0.5) is 0 Å². The molecule has 0 saturated carbocycles. The molecule has 2 heterocycles. The van der Waals surface area contributed by atoms with Crippen LogP contribution in [0.3, 0.4) is 0 Å². The summed E-state index contributed by atoms with van der Waals surface area (Å²) in [7, 11) is 1.67. The topological polar surface area (TPSA) is 26.5 Å². The molecule has 2 aromatic heterocycles. The lowest BCUT2D eigenvalue weighted by atomic mass is 10.1. The van der Waals surface area contributed by atoms with Gasteiger partial charge in [-0.1, -0.05) is 18.2 Å². The first kappa shape index (κ1) is 11.3. The minimum atomic E-state index is 0.856. The maximum atomic E-state index is 5.24. The minimum absolute atomic E-state index is 0.856. The third kappa shape index (κ3) is 1.88. The second-order valence-corrected chi connectivity index (χ2v) is 4.83. The van der Waals surface area contributed by atoms with Crippen LogP contribution in [0.5, 0.6) is 5.75 Å². The number of ether oxygens (including phenoxy) is 1. The highest BCUT2D eigenvalue weighted by Crippen LogP contribution is 2.25. The summed E-state index contributed by atoms with van der Waals surface area (Å²) in [5.74, 6) is 0.856. The summed E-state index contributed by atoms with van der Waals surface area (Å²) in [5.41, 5.74) is 3.28. The Balaban J connectivity index is 2.13. The fraction of sp³-hybridized carbons (Fsp3) is 0.0714. The van der Waals surface area contributed by atoms with Crippen LogP contribution < -0.4 is 4.74 Å². The number of hydrogen-bond acceptors (Lipinski definition) is 2. The van der Waals surface area contributed by atoms with E-state index in [1.54, 1.807) is 13.3 Å². The van der Waals surface area contributed by atoms with Crippen LogP contribution in [-0.2, 0) is 0 Å². The maximum Gasteiger partial charge on any atom is 0.119 e. The van der Waals surface area contributed by atoms with Gasteiger partial charge in [0.15, 0.2) is 0 Å². The molecule has 18 heavy (non-hydrogen) atoms. The van der Waals surface area contributed by atoms with E-state index in [1.807, 2.05) is 35.0 Å². The number of hydrogen-bond donors (Lipinski definition) is 0. The Labute approximate surface area is 113 Å². The molecule has 0 aliphatic heterocycles. The number of fused-ring (bicyclic) bond motifs is 1. The Hall–Kier alpha value is -1.81. The third-order valence-corrected chi connectivity index (χ3v) is 3.48. The summed E-state index contributed by atoms with van der Waals surface area (Å²) in [5, 5.41) is 4.29. The quantitative estimate of drug-likeness (QED) is 0.720. The van der Waals surface area contributed by atoms with Crippen molar-refractivity contribution in [1.29, 1.82) is 0 Å². The molecular formula is C14H11BrN2O. The number of benzene rings is 1. The van der Waals surface area contributed by atoms with E-state index < -0.39 is 0 Å². The molecule has 0 amide bonds. The third-order valence-electron chi connectivity index (χ3n) is 2.87. The summed E-state index contributed by atoms with van der Waals surface area (Å²) in [6.45, 7) is 0. The van der Waals surface area contributed by atoms with E-state index in [2.05, 4.69) is 33.2 Å². The smallest absolute Gasteiger partial charge is 0.119 e. The van der Waals surface area contributed by atoms with Gasteiger partial charge in [0, 0.05) is 11.8 Å². The highest BCUT2D eigenvalue weighted by atomic mass is 79.9.